The van der Waals surface area contributed by atoms with Crippen molar-refractivity contribution in [2.24, 2.45) is 5.14 Å². The Morgan fingerprint density at radius 1 is 1.18 bits per heavy atom. The van der Waals surface area contributed by atoms with Gasteiger partial charge in [0, 0.05) is 12.6 Å². The van der Waals surface area contributed by atoms with Crippen LogP contribution < -0.4 is 5.14 Å². The third-order valence-corrected chi connectivity index (χ3v) is 5.48. The van der Waals surface area contributed by atoms with Gasteiger partial charge in [0.2, 0.25) is 10.0 Å². The van der Waals surface area contributed by atoms with Crippen LogP contribution in [0.3, 0.4) is 0 Å². The summed E-state index contributed by atoms with van der Waals surface area (Å²) in [6.45, 7) is 7.10. The van der Waals surface area contributed by atoms with Gasteiger partial charge < -0.3 is 4.90 Å². The first kappa shape index (κ1) is 13.3. The van der Waals surface area contributed by atoms with Gasteiger partial charge in [0.15, 0.2) is 0 Å². The van der Waals surface area contributed by atoms with Crippen LogP contribution in [-0.4, -0.2) is 62.2 Å². The fourth-order valence-corrected chi connectivity index (χ4v) is 3.79. The first-order valence-electron chi connectivity index (χ1n) is 6.48. The Bertz CT molecular complexity index is 350. The molecule has 0 radical (unpaired) electrons. The summed E-state index contributed by atoms with van der Waals surface area (Å²) >= 11 is 0. The van der Waals surface area contributed by atoms with Gasteiger partial charge in [-0.15, -0.1) is 0 Å². The molecule has 17 heavy (non-hydrogen) atoms. The van der Waals surface area contributed by atoms with Crippen molar-refractivity contribution in [1.29, 1.82) is 0 Å². The molecular formula is C11H23N3O2S. The molecule has 6 heteroatoms. The van der Waals surface area contributed by atoms with Crippen LogP contribution in [0.2, 0.25) is 0 Å². The highest BCUT2D eigenvalue weighted by Gasteiger charge is 2.35. The van der Waals surface area contributed by atoms with Crippen molar-refractivity contribution >= 4 is 10.0 Å². The quantitative estimate of drug-likeness (QED) is 0.766. The minimum Gasteiger partial charge on any atom is -0.303 e. The summed E-state index contributed by atoms with van der Waals surface area (Å²) in [4.78, 5) is 4.77. The Kier molecular flexibility index (Phi) is 4.07. The average molecular weight is 261 g/mol. The molecule has 1 unspecified atom stereocenters. The van der Waals surface area contributed by atoms with Crippen molar-refractivity contribution in [3.8, 4) is 0 Å². The fraction of sp³-hybridized carbons (Fsp3) is 1.00. The van der Waals surface area contributed by atoms with Gasteiger partial charge in [-0.05, 0) is 45.4 Å². The maximum absolute atomic E-state index is 11.3. The van der Waals surface area contributed by atoms with Crippen LogP contribution >= 0.6 is 0 Å². The lowest BCUT2D eigenvalue weighted by atomic mass is 10.0. The highest BCUT2D eigenvalue weighted by atomic mass is 32.2. The highest BCUT2D eigenvalue weighted by molar-refractivity contribution is 7.89. The van der Waals surface area contributed by atoms with Gasteiger partial charge in [0.25, 0.3) is 0 Å². The molecule has 2 aliphatic heterocycles. The molecule has 2 saturated heterocycles. The minimum absolute atomic E-state index is 0.341. The lowest BCUT2D eigenvalue weighted by Crippen LogP contribution is -2.44. The Balaban J connectivity index is 1.86. The summed E-state index contributed by atoms with van der Waals surface area (Å²) in [5, 5.41) is 4.87. The molecule has 2 rings (SSSR count). The zero-order chi connectivity index (χ0) is 12.5. The van der Waals surface area contributed by atoms with Crippen LogP contribution in [0, 0.1) is 0 Å². The first-order chi connectivity index (χ1) is 8.00. The van der Waals surface area contributed by atoms with E-state index < -0.39 is 10.0 Å². The standard InChI is InChI=1S/C11H23N3O2S/c1-2-13-6-3-10(4-7-13)14-8-5-11(9-14)17(12,15)16/h10-11H,2-9H2,1H3,(H2,12,15,16). The second-order valence-electron chi connectivity index (χ2n) is 5.16. The summed E-state index contributed by atoms with van der Waals surface area (Å²) in [5.41, 5.74) is 0. The third-order valence-electron chi connectivity index (χ3n) is 4.16. The van der Waals surface area contributed by atoms with Crippen molar-refractivity contribution < 1.29 is 8.42 Å². The Morgan fingerprint density at radius 2 is 1.82 bits per heavy atom. The number of nitrogens with zero attached hydrogens (tertiary/aromatic N) is 2. The maximum Gasteiger partial charge on any atom is 0.213 e. The summed E-state index contributed by atoms with van der Waals surface area (Å²) in [5.74, 6) is 0. The van der Waals surface area contributed by atoms with E-state index in [1.807, 2.05) is 0 Å². The monoisotopic (exact) mass is 261 g/mol. The van der Waals surface area contributed by atoms with Gasteiger partial charge in [-0.2, -0.15) is 0 Å². The highest BCUT2D eigenvalue weighted by Crippen LogP contribution is 2.23. The first-order valence-corrected chi connectivity index (χ1v) is 8.09. The summed E-state index contributed by atoms with van der Waals surface area (Å²) < 4.78 is 22.6. The number of nitrogens with two attached hydrogens (primary N) is 1. The molecule has 0 saturated carbocycles. The van der Waals surface area contributed by atoms with E-state index in [0.717, 1.165) is 39.0 Å². The predicted molar refractivity (Wildman–Crippen MR) is 68.2 cm³/mol. The van der Waals surface area contributed by atoms with Crippen LogP contribution in [0.15, 0.2) is 0 Å². The molecule has 0 bridgehead atoms. The zero-order valence-electron chi connectivity index (χ0n) is 10.5. The van der Waals surface area contributed by atoms with Gasteiger partial charge in [-0.1, -0.05) is 6.92 Å². The lowest BCUT2D eigenvalue weighted by Gasteiger charge is -2.36. The van der Waals surface area contributed by atoms with Crippen molar-refractivity contribution in [2.45, 2.75) is 37.5 Å². The second kappa shape index (κ2) is 5.22. The van der Waals surface area contributed by atoms with Gasteiger partial charge in [-0.25, -0.2) is 13.6 Å². The summed E-state index contributed by atoms with van der Waals surface area (Å²) in [7, 11) is -3.34. The molecule has 100 valence electrons. The second-order valence-corrected chi connectivity index (χ2v) is 7.00. The number of sulfonamides is 1. The number of hydrogen-bond donors (Lipinski definition) is 1. The number of primary sulfonamides is 1. The number of likely N-dealkylation sites (tertiary alicyclic amines) is 2. The molecule has 0 aromatic rings. The van der Waals surface area contributed by atoms with E-state index in [1.165, 1.54) is 0 Å². The Labute approximate surface area is 104 Å². The smallest absolute Gasteiger partial charge is 0.213 e. The molecule has 0 amide bonds. The van der Waals surface area contributed by atoms with Crippen LogP contribution in [-0.2, 0) is 10.0 Å². The molecule has 1 atom stereocenters. The number of piperidine rings is 1. The molecule has 0 aromatic heterocycles. The molecule has 2 heterocycles. The molecule has 2 aliphatic rings. The number of rotatable bonds is 3. The maximum atomic E-state index is 11.3. The zero-order valence-corrected chi connectivity index (χ0v) is 11.3. The largest absolute Gasteiger partial charge is 0.303 e. The predicted octanol–water partition coefficient (Wildman–Crippen LogP) is -0.166. The van der Waals surface area contributed by atoms with Crippen LogP contribution in [0.1, 0.15) is 26.2 Å². The third kappa shape index (κ3) is 3.19. The summed E-state index contributed by atoms with van der Waals surface area (Å²) in [6, 6.07) is 0.560. The fourth-order valence-electron chi connectivity index (χ4n) is 2.95. The molecule has 5 nitrogen and oxygen atoms in total. The van der Waals surface area contributed by atoms with Crippen molar-refractivity contribution in [1.82, 2.24) is 9.80 Å². The lowest BCUT2D eigenvalue weighted by molar-refractivity contribution is 0.131. The number of hydrogen-bond acceptors (Lipinski definition) is 4. The van der Waals surface area contributed by atoms with E-state index in [0.29, 0.717) is 19.0 Å². The van der Waals surface area contributed by atoms with Gasteiger partial charge in [0.05, 0.1) is 5.25 Å². The van der Waals surface area contributed by atoms with Crippen LogP contribution in [0.25, 0.3) is 0 Å². The Hall–Kier alpha value is -0.170. The van der Waals surface area contributed by atoms with Crippen molar-refractivity contribution in [2.75, 3.05) is 32.7 Å². The SMILES string of the molecule is CCN1CCC(N2CCC(S(N)(=O)=O)C2)CC1. The van der Waals surface area contributed by atoms with Gasteiger partial charge in [0.1, 0.15) is 0 Å². The minimum atomic E-state index is -3.34. The molecule has 0 spiro atoms. The van der Waals surface area contributed by atoms with E-state index >= 15 is 0 Å². The normalized spacial score (nSPS) is 29.9. The van der Waals surface area contributed by atoms with Crippen LogP contribution in [0.4, 0.5) is 0 Å². The van der Waals surface area contributed by atoms with Gasteiger partial charge in [-0.3, -0.25) is 4.90 Å². The van der Waals surface area contributed by atoms with E-state index in [2.05, 4.69) is 16.7 Å². The molecular weight excluding hydrogens is 238 g/mol. The topological polar surface area (TPSA) is 66.6 Å². The van der Waals surface area contributed by atoms with Gasteiger partial charge >= 0.3 is 0 Å². The Morgan fingerprint density at radius 3 is 2.29 bits per heavy atom. The van der Waals surface area contributed by atoms with Crippen molar-refractivity contribution in [3.05, 3.63) is 0 Å². The molecule has 2 N–H and O–H groups in total. The molecule has 2 fully saturated rings. The molecule has 0 aliphatic carbocycles. The van der Waals surface area contributed by atoms with E-state index in [-0.39, 0.29) is 5.25 Å². The molecule has 0 aromatic carbocycles. The summed E-state index contributed by atoms with van der Waals surface area (Å²) in [6.07, 6.45) is 3.02. The van der Waals surface area contributed by atoms with E-state index in [1.54, 1.807) is 0 Å². The van der Waals surface area contributed by atoms with E-state index in [4.69, 9.17) is 5.14 Å². The van der Waals surface area contributed by atoms with Crippen LogP contribution in [0.5, 0.6) is 0 Å². The van der Waals surface area contributed by atoms with E-state index in [9.17, 15) is 8.42 Å². The average Bonchev–Trinajstić information content (AvgIpc) is 2.78. The van der Waals surface area contributed by atoms with Crippen molar-refractivity contribution in [3.63, 3.8) is 0 Å².